The highest BCUT2D eigenvalue weighted by Crippen LogP contribution is 2.23. The van der Waals surface area contributed by atoms with Gasteiger partial charge in [0.2, 0.25) is 0 Å². The highest BCUT2D eigenvalue weighted by atomic mass is 79.9. The highest BCUT2D eigenvalue weighted by molar-refractivity contribution is 9.09. The van der Waals surface area contributed by atoms with Crippen molar-refractivity contribution in [3.05, 3.63) is 0 Å². The molecule has 0 rings (SSSR count). The summed E-state index contributed by atoms with van der Waals surface area (Å²) in [6.07, 6.45) is 28.7. The molecule has 0 N–H and O–H groups in total. The van der Waals surface area contributed by atoms with Crippen molar-refractivity contribution in [2.24, 2.45) is 0 Å². The van der Waals surface area contributed by atoms with Gasteiger partial charge in [0.25, 0.3) is 0 Å². The van der Waals surface area contributed by atoms with Gasteiger partial charge in [-0.1, -0.05) is 51.4 Å². The fourth-order valence-electron chi connectivity index (χ4n) is 3.72. The first-order chi connectivity index (χ1) is 14.2. The van der Waals surface area contributed by atoms with Gasteiger partial charge in [-0.05, 0) is 44.7 Å². The van der Waals surface area contributed by atoms with Crippen LogP contribution in [0.2, 0.25) is 0 Å². The second kappa shape index (κ2) is 17.5. The predicted molar refractivity (Wildman–Crippen MR) is 142 cm³/mol. The van der Waals surface area contributed by atoms with Gasteiger partial charge in [0, 0.05) is 12.8 Å². The second-order valence-electron chi connectivity index (χ2n) is 9.89. The van der Waals surface area contributed by atoms with Gasteiger partial charge >= 0.3 is 0 Å². The maximum Gasteiger partial charge on any atom is 0.144 e. The third kappa shape index (κ3) is 14.9. The van der Waals surface area contributed by atoms with E-state index in [1.807, 2.05) is 0 Å². The van der Waals surface area contributed by atoms with Crippen molar-refractivity contribution in [3.8, 4) is 24.7 Å². The van der Waals surface area contributed by atoms with E-state index in [1.165, 1.54) is 77.0 Å². The Morgan fingerprint density at radius 2 is 0.833 bits per heavy atom. The highest BCUT2D eigenvalue weighted by Gasteiger charge is 2.25. The molecule has 0 saturated heterocycles. The zero-order valence-corrected chi connectivity index (χ0v) is 23.4. The van der Waals surface area contributed by atoms with Crippen LogP contribution >= 0.6 is 31.9 Å². The van der Waals surface area contributed by atoms with Crippen molar-refractivity contribution in [2.75, 3.05) is 41.3 Å². The quantitative estimate of drug-likeness (QED) is 0.0522. The molecule has 2 atom stereocenters. The minimum atomic E-state index is 0.520. The molecule has 2 nitrogen and oxygen atoms in total. The molecule has 2 unspecified atom stereocenters. The molecule has 0 amide bonds. The van der Waals surface area contributed by atoms with Crippen LogP contribution in [0.5, 0.6) is 0 Å². The van der Waals surface area contributed by atoms with E-state index in [2.05, 4.69) is 71.9 Å². The Bertz CT molecular complexity index is 456. The predicted octanol–water partition coefficient (Wildman–Crippen LogP) is 7.31. The number of alkyl halides is 2. The molecular formula is C26H48Br2N2+2. The summed E-state index contributed by atoms with van der Waals surface area (Å²) >= 11 is 7.75. The lowest BCUT2D eigenvalue weighted by Gasteiger charge is -2.34. The SMILES string of the molecule is C#CCC[N+](C)(C)C(Br)CCCCCCCCCCCCC(Br)[N+](C)(C)CCC#C. The van der Waals surface area contributed by atoms with Crippen LogP contribution in [0.15, 0.2) is 0 Å². The average molecular weight is 548 g/mol. The van der Waals surface area contributed by atoms with Crippen LogP contribution in [-0.2, 0) is 0 Å². The lowest BCUT2D eigenvalue weighted by atomic mass is 10.0. The van der Waals surface area contributed by atoms with Crippen molar-refractivity contribution in [3.63, 3.8) is 0 Å². The third-order valence-corrected chi connectivity index (χ3v) is 9.45. The molecule has 0 radical (unpaired) electrons. The summed E-state index contributed by atoms with van der Waals surface area (Å²) < 4.78 is 1.95. The number of hydrogen-bond donors (Lipinski definition) is 0. The van der Waals surface area contributed by atoms with Gasteiger partial charge in [-0.25, -0.2) is 0 Å². The van der Waals surface area contributed by atoms with Gasteiger partial charge in [-0.3, -0.25) is 0 Å². The number of halogens is 2. The van der Waals surface area contributed by atoms with E-state index in [0.29, 0.717) is 9.90 Å². The van der Waals surface area contributed by atoms with E-state index in [1.54, 1.807) is 0 Å². The number of terminal acetylenes is 2. The van der Waals surface area contributed by atoms with Gasteiger partial charge in [0.15, 0.2) is 0 Å². The molecule has 174 valence electrons. The molecule has 0 heterocycles. The molecule has 0 fully saturated rings. The van der Waals surface area contributed by atoms with Crippen molar-refractivity contribution in [1.82, 2.24) is 0 Å². The first kappa shape index (κ1) is 30.0. The monoisotopic (exact) mass is 546 g/mol. The van der Waals surface area contributed by atoms with Crippen molar-refractivity contribution in [1.29, 1.82) is 0 Å². The van der Waals surface area contributed by atoms with E-state index in [9.17, 15) is 0 Å². The first-order valence-electron chi connectivity index (χ1n) is 12.0. The Hall–Kier alpha value is 0. The van der Waals surface area contributed by atoms with Crippen molar-refractivity contribution < 1.29 is 8.97 Å². The van der Waals surface area contributed by atoms with Crippen LogP contribution in [0.4, 0.5) is 0 Å². The summed E-state index contributed by atoms with van der Waals surface area (Å²) in [7, 11) is 9.09. The van der Waals surface area contributed by atoms with Crippen LogP contribution in [0.25, 0.3) is 0 Å². The standard InChI is InChI=1S/C26H48Br2N2/c1-7-9-23-29(3,4)25(27)21-19-17-15-13-11-12-14-16-18-20-22-26(28)30(5,6)24-10-8-2/h1-2,25-26H,9-24H2,3-6H3/q+2. The molecule has 0 aliphatic carbocycles. The van der Waals surface area contributed by atoms with Gasteiger partial charge in [-0.2, -0.15) is 0 Å². The Kier molecular flexibility index (Phi) is 17.5. The van der Waals surface area contributed by atoms with Crippen molar-refractivity contribution >= 4 is 31.9 Å². The number of rotatable bonds is 19. The molecule has 4 heteroatoms. The van der Waals surface area contributed by atoms with Crippen LogP contribution in [0.3, 0.4) is 0 Å². The maximum atomic E-state index is 5.41. The second-order valence-corrected chi connectivity index (χ2v) is 12.0. The molecule has 30 heavy (non-hydrogen) atoms. The fourth-order valence-corrected chi connectivity index (χ4v) is 4.78. The number of quaternary nitrogens is 2. The van der Waals surface area contributed by atoms with Gasteiger partial charge in [0.1, 0.15) is 9.90 Å². The smallest absolute Gasteiger partial charge is 0.144 e. The molecule has 0 spiro atoms. The van der Waals surface area contributed by atoms with Crippen LogP contribution in [-0.4, -0.2) is 60.1 Å². The largest absolute Gasteiger partial charge is 0.316 e. The van der Waals surface area contributed by atoms with E-state index >= 15 is 0 Å². The molecule has 0 aliphatic rings. The van der Waals surface area contributed by atoms with Crippen LogP contribution < -0.4 is 0 Å². The van der Waals surface area contributed by atoms with E-state index in [0.717, 1.165) is 34.9 Å². The summed E-state index contributed by atoms with van der Waals surface area (Å²) in [5, 5.41) is 0. The zero-order chi connectivity index (χ0) is 22.9. The minimum Gasteiger partial charge on any atom is -0.316 e. The summed E-state index contributed by atoms with van der Waals surface area (Å²) in [4.78, 5) is 1.04. The van der Waals surface area contributed by atoms with Crippen LogP contribution in [0, 0.1) is 24.7 Å². The Morgan fingerprint density at radius 3 is 1.10 bits per heavy atom. The van der Waals surface area contributed by atoms with E-state index in [-0.39, 0.29) is 0 Å². The summed E-state index contributed by atoms with van der Waals surface area (Å²) in [6, 6.07) is 0. The lowest BCUT2D eigenvalue weighted by molar-refractivity contribution is -0.898. The Balaban J connectivity index is 3.55. The summed E-state index contributed by atoms with van der Waals surface area (Å²) in [5.41, 5.74) is 0. The van der Waals surface area contributed by atoms with Gasteiger partial charge < -0.3 is 8.97 Å². The van der Waals surface area contributed by atoms with Gasteiger partial charge in [-0.15, -0.1) is 24.7 Å². The Morgan fingerprint density at radius 1 is 0.567 bits per heavy atom. The van der Waals surface area contributed by atoms with Crippen molar-refractivity contribution in [2.45, 2.75) is 99.8 Å². The molecule has 0 aromatic heterocycles. The topological polar surface area (TPSA) is 0 Å². The molecule has 0 bridgehead atoms. The molecule has 0 saturated carbocycles. The summed E-state index contributed by atoms with van der Waals surface area (Å²) in [5.74, 6) is 5.53. The van der Waals surface area contributed by atoms with E-state index in [4.69, 9.17) is 12.8 Å². The normalized spacial score (nSPS) is 14.1. The number of hydrogen-bond acceptors (Lipinski definition) is 0. The minimum absolute atomic E-state index is 0.520. The van der Waals surface area contributed by atoms with E-state index < -0.39 is 0 Å². The number of unbranched alkanes of at least 4 members (excludes halogenated alkanes) is 9. The molecule has 0 aromatic rings. The molecule has 0 aliphatic heterocycles. The molecule has 0 aromatic carbocycles. The fraction of sp³-hybridized carbons (Fsp3) is 0.846. The Labute approximate surface area is 206 Å². The van der Waals surface area contributed by atoms with Crippen LogP contribution in [0.1, 0.15) is 89.9 Å². The third-order valence-electron chi connectivity index (χ3n) is 6.32. The molecular weight excluding hydrogens is 500 g/mol. The summed E-state index contributed by atoms with van der Waals surface area (Å²) in [6.45, 7) is 2.09. The maximum absolute atomic E-state index is 5.41. The number of nitrogens with zero attached hydrogens (tertiary/aromatic N) is 2. The zero-order valence-electron chi connectivity index (χ0n) is 20.3. The average Bonchev–Trinajstić information content (AvgIpc) is 2.71. The first-order valence-corrected chi connectivity index (χ1v) is 13.8. The lowest BCUT2D eigenvalue weighted by Crippen LogP contribution is -2.46. The van der Waals surface area contributed by atoms with Gasteiger partial charge in [0.05, 0.1) is 54.1 Å².